The van der Waals surface area contributed by atoms with Crippen LogP contribution in [-0.4, -0.2) is 50.0 Å². The first-order valence-electron chi connectivity index (χ1n) is 13.6. The van der Waals surface area contributed by atoms with Gasteiger partial charge in [0.15, 0.2) is 11.9 Å². The smallest absolute Gasteiger partial charge is 0.416 e. The van der Waals surface area contributed by atoms with Crippen molar-refractivity contribution in [3.63, 3.8) is 0 Å². The van der Waals surface area contributed by atoms with Gasteiger partial charge in [0, 0.05) is 49.6 Å². The fourth-order valence-electron chi connectivity index (χ4n) is 5.28. The number of ketones is 1. The number of nitrogens with one attached hydrogen (secondary N) is 1. The Bertz CT molecular complexity index is 1410. The van der Waals surface area contributed by atoms with E-state index in [4.69, 9.17) is 9.47 Å². The van der Waals surface area contributed by atoms with Crippen molar-refractivity contribution in [3.8, 4) is 5.75 Å². The maximum absolute atomic E-state index is 14.2. The highest BCUT2D eigenvalue weighted by Crippen LogP contribution is 2.43. The third-order valence-corrected chi connectivity index (χ3v) is 7.30. The summed E-state index contributed by atoms with van der Waals surface area (Å²) in [4.78, 5) is 40.0. The first-order valence-corrected chi connectivity index (χ1v) is 13.6. The number of benzene rings is 3. The monoisotopic (exact) mass is 582 g/mol. The minimum atomic E-state index is -4.67. The number of esters is 1. The highest BCUT2D eigenvalue weighted by molar-refractivity contribution is 6.00. The fourth-order valence-corrected chi connectivity index (χ4v) is 5.28. The number of nitrogens with zero attached hydrogens (tertiary/aromatic N) is 1. The number of ether oxygens (including phenoxy) is 2. The van der Waals surface area contributed by atoms with Crippen LogP contribution in [0.15, 0.2) is 72.8 Å². The summed E-state index contributed by atoms with van der Waals surface area (Å²) in [5.41, 5.74) is 0.316. The van der Waals surface area contributed by atoms with Crippen LogP contribution in [0.1, 0.15) is 53.2 Å². The predicted molar refractivity (Wildman–Crippen MR) is 152 cm³/mol. The summed E-state index contributed by atoms with van der Waals surface area (Å²) in [7, 11) is 1.49. The summed E-state index contributed by atoms with van der Waals surface area (Å²) in [6.45, 7) is 3.16. The van der Waals surface area contributed by atoms with E-state index >= 15 is 0 Å². The van der Waals surface area contributed by atoms with Crippen LogP contribution in [0.4, 0.5) is 18.9 Å². The average molecular weight is 583 g/mol. The number of methoxy groups -OCH3 is 1. The Labute approximate surface area is 242 Å². The zero-order valence-corrected chi connectivity index (χ0v) is 23.6. The molecule has 1 aliphatic heterocycles. The van der Waals surface area contributed by atoms with E-state index in [-0.39, 0.29) is 49.0 Å². The summed E-state index contributed by atoms with van der Waals surface area (Å²) in [5, 5.41) is 3.20. The minimum absolute atomic E-state index is 0.00981. The lowest BCUT2D eigenvalue weighted by molar-refractivity contribution is -0.154. The topological polar surface area (TPSA) is 84.9 Å². The van der Waals surface area contributed by atoms with Gasteiger partial charge in [-0.15, -0.1) is 0 Å². The van der Waals surface area contributed by atoms with Gasteiger partial charge in [0.25, 0.3) is 5.91 Å². The molecular weight excluding hydrogens is 549 g/mol. The minimum Gasteiger partial charge on any atom is -0.497 e. The molecule has 0 saturated carbocycles. The number of fused-ring (bicyclic) bond motifs is 1. The van der Waals surface area contributed by atoms with Crippen molar-refractivity contribution in [2.24, 2.45) is 0 Å². The van der Waals surface area contributed by atoms with Gasteiger partial charge in [0.05, 0.1) is 12.7 Å². The lowest BCUT2D eigenvalue weighted by Crippen LogP contribution is -2.46. The first kappa shape index (κ1) is 30.8. The summed E-state index contributed by atoms with van der Waals surface area (Å²) >= 11 is 0. The molecule has 42 heavy (non-hydrogen) atoms. The van der Waals surface area contributed by atoms with E-state index in [9.17, 15) is 27.6 Å². The summed E-state index contributed by atoms with van der Waals surface area (Å²) in [5.74, 6) is -1.75. The Balaban J connectivity index is 1.65. The van der Waals surface area contributed by atoms with Crippen molar-refractivity contribution >= 4 is 23.3 Å². The van der Waals surface area contributed by atoms with E-state index in [0.717, 1.165) is 13.0 Å². The van der Waals surface area contributed by atoms with E-state index in [0.29, 0.717) is 16.9 Å². The SMILES string of the molecule is COc1ccc([C@@H]2Cc3c(cccc3C(F)(F)F)N(CCNC(C)CC(=O)c3ccccc3)C(=O)[C@@H]2OC(C)=O)cc1. The van der Waals surface area contributed by atoms with E-state index in [1.807, 2.05) is 13.0 Å². The third kappa shape index (κ3) is 7.17. The van der Waals surface area contributed by atoms with Gasteiger partial charge in [0.1, 0.15) is 5.75 Å². The van der Waals surface area contributed by atoms with Gasteiger partial charge >= 0.3 is 12.1 Å². The molecule has 0 saturated heterocycles. The number of Topliss-reactive ketones (excluding diaryl/α,β-unsaturated/α-hetero) is 1. The van der Waals surface area contributed by atoms with Gasteiger partial charge in [-0.1, -0.05) is 48.5 Å². The number of alkyl halides is 3. The van der Waals surface area contributed by atoms with Crippen LogP contribution >= 0.6 is 0 Å². The van der Waals surface area contributed by atoms with Gasteiger partial charge in [0.2, 0.25) is 0 Å². The molecule has 0 aromatic heterocycles. The average Bonchev–Trinajstić information content (AvgIpc) is 3.07. The largest absolute Gasteiger partial charge is 0.497 e. The molecule has 222 valence electrons. The van der Waals surface area contributed by atoms with E-state index in [1.54, 1.807) is 48.5 Å². The summed E-state index contributed by atoms with van der Waals surface area (Å²) in [6, 6.07) is 18.9. The maximum Gasteiger partial charge on any atom is 0.416 e. The number of amides is 1. The van der Waals surface area contributed by atoms with Crippen LogP contribution in [0.3, 0.4) is 0 Å². The molecule has 10 heteroatoms. The lowest BCUT2D eigenvalue weighted by atomic mass is 9.86. The normalized spacial score (nSPS) is 17.7. The third-order valence-electron chi connectivity index (χ3n) is 7.30. The van der Waals surface area contributed by atoms with E-state index in [2.05, 4.69) is 5.32 Å². The van der Waals surface area contributed by atoms with Crippen molar-refractivity contribution in [1.29, 1.82) is 0 Å². The molecule has 3 atom stereocenters. The van der Waals surface area contributed by atoms with Gasteiger partial charge in [-0.2, -0.15) is 13.2 Å². The van der Waals surface area contributed by atoms with Crippen LogP contribution in [0.25, 0.3) is 0 Å². The van der Waals surface area contributed by atoms with Crippen molar-refractivity contribution in [3.05, 3.63) is 95.1 Å². The Morgan fingerprint density at radius 1 is 1.02 bits per heavy atom. The molecule has 0 aliphatic carbocycles. The molecule has 7 nitrogen and oxygen atoms in total. The van der Waals surface area contributed by atoms with E-state index < -0.39 is 35.6 Å². The van der Waals surface area contributed by atoms with Crippen LogP contribution in [0.2, 0.25) is 0 Å². The quantitative estimate of drug-likeness (QED) is 0.249. The van der Waals surface area contributed by atoms with Crippen molar-refractivity contribution in [1.82, 2.24) is 5.32 Å². The molecule has 1 N–H and O–H groups in total. The van der Waals surface area contributed by atoms with Gasteiger partial charge in [-0.3, -0.25) is 14.4 Å². The molecule has 1 amide bonds. The second-order valence-corrected chi connectivity index (χ2v) is 10.3. The number of anilines is 1. The Kier molecular flexibility index (Phi) is 9.67. The van der Waals surface area contributed by atoms with Crippen molar-refractivity contribution in [2.75, 3.05) is 25.1 Å². The molecular formula is C32H33F3N2O5. The highest BCUT2D eigenvalue weighted by Gasteiger charge is 2.44. The Hall–Kier alpha value is -4.18. The molecule has 3 aromatic carbocycles. The molecule has 1 aliphatic rings. The lowest BCUT2D eigenvalue weighted by Gasteiger charge is -2.29. The second kappa shape index (κ2) is 13.2. The molecule has 0 spiro atoms. The predicted octanol–water partition coefficient (Wildman–Crippen LogP) is 5.57. The zero-order chi connectivity index (χ0) is 30.4. The summed E-state index contributed by atoms with van der Waals surface area (Å²) in [6.07, 6.45) is -6.02. The second-order valence-electron chi connectivity index (χ2n) is 10.3. The van der Waals surface area contributed by atoms with Crippen LogP contribution in [0.5, 0.6) is 5.75 Å². The van der Waals surface area contributed by atoms with Crippen molar-refractivity contribution in [2.45, 2.75) is 50.9 Å². The van der Waals surface area contributed by atoms with Crippen molar-refractivity contribution < 1.29 is 37.0 Å². The number of carbonyl (C=O) groups excluding carboxylic acids is 3. The molecule has 0 fully saturated rings. The zero-order valence-electron chi connectivity index (χ0n) is 23.6. The first-order chi connectivity index (χ1) is 20.0. The molecule has 4 rings (SSSR count). The van der Waals surface area contributed by atoms with Crippen LogP contribution in [0, 0.1) is 0 Å². The van der Waals surface area contributed by atoms with E-state index in [1.165, 1.54) is 24.1 Å². The molecule has 3 aromatic rings. The number of rotatable bonds is 10. The van der Waals surface area contributed by atoms with Gasteiger partial charge < -0.3 is 19.7 Å². The standard InChI is InChI=1S/C32H33F3N2O5/c1-20(18-29(39)23-8-5-4-6-9-23)36-16-17-37-28-11-7-10-27(32(33,34)35)26(28)19-25(30(31(37)40)42-21(2)38)22-12-14-24(41-3)15-13-22/h4-15,20,25,30,36H,16-19H2,1-3H3/t20?,25-,30+/m0/s1. The summed E-state index contributed by atoms with van der Waals surface area (Å²) < 4.78 is 53.4. The molecule has 1 heterocycles. The number of halogens is 3. The van der Waals surface area contributed by atoms with Crippen LogP contribution < -0.4 is 15.0 Å². The fraction of sp³-hybridized carbons (Fsp3) is 0.344. The number of hydrogen-bond donors (Lipinski definition) is 1. The Morgan fingerprint density at radius 3 is 2.33 bits per heavy atom. The molecule has 1 unspecified atom stereocenters. The van der Waals surface area contributed by atoms with Crippen LogP contribution in [-0.2, 0) is 26.9 Å². The number of carbonyl (C=O) groups is 3. The highest BCUT2D eigenvalue weighted by atomic mass is 19.4. The van der Waals surface area contributed by atoms with Gasteiger partial charge in [-0.05, 0) is 48.7 Å². The Morgan fingerprint density at radius 2 is 1.71 bits per heavy atom. The van der Waals surface area contributed by atoms with Gasteiger partial charge in [-0.25, -0.2) is 0 Å². The molecule has 0 radical (unpaired) electrons. The number of hydrogen-bond acceptors (Lipinski definition) is 6. The molecule has 0 bridgehead atoms. The maximum atomic E-state index is 14.2.